The summed E-state index contributed by atoms with van der Waals surface area (Å²) in [6.07, 6.45) is 0. The molecule has 94 valence electrons. The lowest BCUT2D eigenvalue weighted by atomic mass is 10.2. The van der Waals surface area contributed by atoms with Crippen molar-refractivity contribution in [3.05, 3.63) is 48.0 Å². The molecule has 0 heterocycles. The Kier molecular flexibility index (Phi) is 6.55. The monoisotopic (exact) mass is 234 g/mol. The van der Waals surface area contributed by atoms with E-state index in [1.807, 2.05) is 6.07 Å². The Labute approximate surface area is 104 Å². The molecule has 0 spiro atoms. The topological polar surface area (TPSA) is 38.5 Å². The van der Waals surface area contributed by atoms with Crippen LogP contribution in [0.15, 0.2) is 42.5 Å². The van der Waals surface area contributed by atoms with Crippen LogP contribution in [0.3, 0.4) is 0 Å². The lowest BCUT2D eigenvalue weighted by Crippen LogP contribution is -2.30. The zero-order valence-electron chi connectivity index (χ0n) is 10.6. The second-order valence-electron chi connectivity index (χ2n) is 4.14. The number of ether oxygens (including phenoxy) is 1. The predicted octanol–water partition coefficient (Wildman–Crippen LogP) is 1.65. The molecule has 1 aromatic rings. The SMILES string of the molecule is C=C(CN)CN(CCOC)Cc1ccccc1. The Hall–Kier alpha value is -1.16. The lowest BCUT2D eigenvalue weighted by Gasteiger charge is -2.22. The molecule has 0 amide bonds. The van der Waals surface area contributed by atoms with Crippen LogP contribution in [-0.2, 0) is 11.3 Å². The highest BCUT2D eigenvalue weighted by Gasteiger charge is 2.06. The van der Waals surface area contributed by atoms with Crippen LogP contribution in [0.4, 0.5) is 0 Å². The Morgan fingerprint density at radius 1 is 1.35 bits per heavy atom. The van der Waals surface area contributed by atoms with Gasteiger partial charge >= 0.3 is 0 Å². The summed E-state index contributed by atoms with van der Waals surface area (Å²) < 4.78 is 5.12. The second kappa shape index (κ2) is 8.01. The number of rotatable bonds is 8. The smallest absolute Gasteiger partial charge is 0.0589 e. The van der Waals surface area contributed by atoms with Gasteiger partial charge in [-0.25, -0.2) is 0 Å². The van der Waals surface area contributed by atoms with E-state index in [4.69, 9.17) is 10.5 Å². The molecule has 1 rings (SSSR count). The van der Waals surface area contributed by atoms with Crippen LogP contribution in [0.2, 0.25) is 0 Å². The molecule has 0 bridgehead atoms. The summed E-state index contributed by atoms with van der Waals surface area (Å²) in [6.45, 7) is 7.85. The molecule has 0 radical (unpaired) electrons. The van der Waals surface area contributed by atoms with E-state index in [0.717, 1.165) is 31.8 Å². The van der Waals surface area contributed by atoms with Crippen molar-refractivity contribution in [2.24, 2.45) is 5.73 Å². The number of nitrogens with zero attached hydrogens (tertiary/aromatic N) is 1. The van der Waals surface area contributed by atoms with Crippen molar-refractivity contribution in [2.45, 2.75) is 6.54 Å². The van der Waals surface area contributed by atoms with E-state index in [1.165, 1.54) is 5.56 Å². The zero-order chi connectivity index (χ0) is 12.5. The first-order valence-corrected chi connectivity index (χ1v) is 5.88. The summed E-state index contributed by atoms with van der Waals surface area (Å²) in [4.78, 5) is 2.30. The van der Waals surface area contributed by atoms with Gasteiger partial charge in [-0.3, -0.25) is 4.90 Å². The van der Waals surface area contributed by atoms with Gasteiger partial charge in [0.15, 0.2) is 0 Å². The van der Waals surface area contributed by atoms with Gasteiger partial charge in [-0.05, 0) is 11.1 Å². The highest BCUT2D eigenvalue weighted by Crippen LogP contribution is 2.06. The molecule has 0 saturated heterocycles. The maximum absolute atomic E-state index is 5.58. The normalized spacial score (nSPS) is 10.8. The van der Waals surface area contributed by atoms with Gasteiger partial charge in [0.05, 0.1) is 6.61 Å². The van der Waals surface area contributed by atoms with Gasteiger partial charge in [0.1, 0.15) is 0 Å². The van der Waals surface area contributed by atoms with Crippen LogP contribution >= 0.6 is 0 Å². The van der Waals surface area contributed by atoms with Gasteiger partial charge in [-0.2, -0.15) is 0 Å². The molecule has 3 nitrogen and oxygen atoms in total. The first kappa shape index (κ1) is 13.9. The molecular weight excluding hydrogens is 212 g/mol. The van der Waals surface area contributed by atoms with Gasteiger partial charge in [0.2, 0.25) is 0 Å². The largest absolute Gasteiger partial charge is 0.383 e. The predicted molar refractivity (Wildman–Crippen MR) is 71.8 cm³/mol. The van der Waals surface area contributed by atoms with E-state index in [-0.39, 0.29) is 0 Å². The molecular formula is C14H22N2O. The van der Waals surface area contributed by atoms with Crippen molar-refractivity contribution in [3.8, 4) is 0 Å². The number of benzene rings is 1. The van der Waals surface area contributed by atoms with E-state index in [9.17, 15) is 0 Å². The summed E-state index contributed by atoms with van der Waals surface area (Å²) in [7, 11) is 1.72. The van der Waals surface area contributed by atoms with E-state index in [0.29, 0.717) is 6.54 Å². The quantitative estimate of drug-likeness (QED) is 0.695. The first-order valence-electron chi connectivity index (χ1n) is 5.88. The number of methoxy groups -OCH3 is 1. The molecule has 0 atom stereocenters. The van der Waals surface area contributed by atoms with E-state index >= 15 is 0 Å². The number of nitrogens with two attached hydrogens (primary N) is 1. The standard InChI is InChI=1S/C14H22N2O/c1-13(10-15)11-16(8-9-17-2)12-14-6-4-3-5-7-14/h3-7H,1,8-12,15H2,2H3. The van der Waals surface area contributed by atoms with Crippen molar-refractivity contribution in [1.82, 2.24) is 4.90 Å². The van der Waals surface area contributed by atoms with E-state index in [1.54, 1.807) is 7.11 Å². The molecule has 0 unspecified atom stereocenters. The third-order valence-electron chi connectivity index (χ3n) is 2.60. The van der Waals surface area contributed by atoms with Crippen LogP contribution in [0.25, 0.3) is 0 Å². The molecule has 0 aliphatic heterocycles. The molecule has 1 aromatic carbocycles. The minimum atomic E-state index is 0.540. The Morgan fingerprint density at radius 2 is 2.06 bits per heavy atom. The third-order valence-corrected chi connectivity index (χ3v) is 2.60. The highest BCUT2D eigenvalue weighted by molar-refractivity contribution is 5.15. The van der Waals surface area contributed by atoms with Crippen LogP contribution < -0.4 is 5.73 Å². The molecule has 17 heavy (non-hydrogen) atoms. The minimum Gasteiger partial charge on any atom is -0.383 e. The first-order chi connectivity index (χ1) is 8.26. The average Bonchev–Trinajstić information content (AvgIpc) is 2.37. The van der Waals surface area contributed by atoms with Gasteiger partial charge in [-0.1, -0.05) is 36.9 Å². The summed E-state index contributed by atoms with van der Waals surface area (Å²) in [5.41, 5.74) is 7.94. The summed E-state index contributed by atoms with van der Waals surface area (Å²) in [6, 6.07) is 10.4. The van der Waals surface area contributed by atoms with Crippen molar-refractivity contribution in [2.75, 3.05) is 33.4 Å². The Balaban J connectivity index is 2.53. The Morgan fingerprint density at radius 3 is 2.65 bits per heavy atom. The van der Waals surface area contributed by atoms with Crippen molar-refractivity contribution in [1.29, 1.82) is 0 Å². The third kappa shape index (κ3) is 5.63. The Bertz CT molecular complexity index is 324. The van der Waals surface area contributed by atoms with Gasteiger partial charge < -0.3 is 10.5 Å². The molecule has 2 N–H and O–H groups in total. The molecule has 0 aliphatic carbocycles. The lowest BCUT2D eigenvalue weighted by molar-refractivity contribution is 0.149. The van der Waals surface area contributed by atoms with E-state index < -0.39 is 0 Å². The fraction of sp³-hybridized carbons (Fsp3) is 0.429. The van der Waals surface area contributed by atoms with Crippen LogP contribution in [0.5, 0.6) is 0 Å². The summed E-state index contributed by atoms with van der Waals surface area (Å²) in [5, 5.41) is 0. The van der Waals surface area contributed by atoms with Gasteiger partial charge in [0, 0.05) is 33.3 Å². The second-order valence-corrected chi connectivity index (χ2v) is 4.14. The van der Waals surface area contributed by atoms with Crippen LogP contribution in [0, 0.1) is 0 Å². The van der Waals surface area contributed by atoms with E-state index in [2.05, 4.69) is 35.7 Å². The molecule has 3 heteroatoms. The van der Waals surface area contributed by atoms with Crippen LogP contribution in [0.1, 0.15) is 5.56 Å². The average molecular weight is 234 g/mol. The van der Waals surface area contributed by atoms with Gasteiger partial charge in [-0.15, -0.1) is 0 Å². The van der Waals surface area contributed by atoms with Crippen LogP contribution in [-0.4, -0.2) is 38.3 Å². The zero-order valence-corrected chi connectivity index (χ0v) is 10.6. The molecule has 0 saturated carbocycles. The number of hydrogen-bond acceptors (Lipinski definition) is 3. The fourth-order valence-electron chi connectivity index (χ4n) is 1.66. The minimum absolute atomic E-state index is 0.540. The van der Waals surface area contributed by atoms with Crippen molar-refractivity contribution >= 4 is 0 Å². The number of hydrogen-bond donors (Lipinski definition) is 1. The highest BCUT2D eigenvalue weighted by atomic mass is 16.5. The molecule has 0 aliphatic rings. The maximum atomic E-state index is 5.58. The van der Waals surface area contributed by atoms with Gasteiger partial charge in [0.25, 0.3) is 0 Å². The summed E-state index contributed by atoms with van der Waals surface area (Å²) in [5.74, 6) is 0. The maximum Gasteiger partial charge on any atom is 0.0589 e. The fourth-order valence-corrected chi connectivity index (χ4v) is 1.66. The molecule has 0 fully saturated rings. The van der Waals surface area contributed by atoms with Crippen molar-refractivity contribution < 1.29 is 4.74 Å². The molecule has 0 aromatic heterocycles. The summed E-state index contributed by atoms with van der Waals surface area (Å²) >= 11 is 0. The van der Waals surface area contributed by atoms with Crippen molar-refractivity contribution in [3.63, 3.8) is 0 Å².